The minimum atomic E-state index is -4.72. The zero-order valence-electron chi connectivity index (χ0n) is 5.55. The molecule has 0 aromatic carbocycles. The fourth-order valence-electron chi connectivity index (χ4n) is 0.109. The van der Waals surface area contributed by atoms with Crippen LogP contribution in [-0.2, 0) is 14.5 Å². The molecule has 0 saturated carbocycles. The van der Waals surface area contributed by atoms with E-state index in [1.165, 1.54) is 0 Å². The van der Waals surface area contributed by atoms with Crippen molar-refractivity contribution in [2.75, 3.05) is 0 Å². The number of hydrogen-bond acceptors (Lipinski definition) is 5. The van der Waals surface area contributed by atoms with Crippen molar-refractivity contribution in [1.29, 1.82) is 0 Å². The van der Waals surface area contributed by atoms with Gasteiger partial charge in [0, 0.05) is 0 Å². The minimum absolute atomic E-state index is 0. The maximum Gasteiger partial charge on any atom is 1.00 e. The molecule has 0 spiro atoms. The Morgan fingerprint density at radius 2 is 1.78 bits per heavy atom. The molecule has 0 aliphatic heterocycles. The quantitative estimate of drug-likeness (QED) is 0.268. The summed E-state index contributed by atoms with van der Waals surface area (Å²) in [5, 5.41) is 15.4. The second-order valence-electron chi connectivity index (χ2n) is 0.850. The molecular formula is H4BLiO6S. The predicted molar refractivity (Wildman–Crippen MR) is 23.9 cm³/mol. The molecule has 0 unspecified atom stereocenters. The molecule has 0 amide bonds. The van der Waals surface area contributed by atoms with E-state index in [1.54, 1.807) is 0 Å². The molecule has 0 aliphatic carbocycles. The van der Waals surface area contributed by atoms with Crippen molar-refractivity contribution in [2.24, 2.45) is 0 Å². The first kappa shape index (κ1) is 12.2. The molecule has 9 heavy (non-hydrogen) atoms. The van der Waals surface area contributed by atoms with Crippen LogP contribution in [0.1, 0.15) is 1.43 Å². The summed E-state index contributed by atoms with van der Waals surface area (Å²) < 4.78 is 29.6. The summed E-state index contributed by atoms with van der Waals surface area (Å²) in [6.07, 6.45) is 0. The predicted octanol–water partition coefficient (Wildman–Crippen LogP) is -5.11. The average Bonchev–Trinajstić information content (AvgIpc) is 1.21. The zero-order valence-corrected chi connectivity index (χ0v) is 5.37. The van der Waals surface area contributed by atoms with E-state index in [0.29, 0.717) is 0 Å². The van der Waals surface area contributed by atoms with Crippen LogP contribution in [0.15, 0.2) is 0 Å². The van der Waals surface area contributed by atoms with Gasteiger partial charge in [0.2, 0.25) is 0 Å². The van der Waals surface area contributed by atoms with Crippen LogP contribution in [-0.4, -0.2) is 30.3 Å². The summed E-state index contributed by atoms with van der Waals surface area (Å²) in [6.45, 7) is 0. The SMILES string of the molecule is O=S(=O)(O)OB(O)O.[H-].[Li+]. The maximum absolute atomic E-state index is 9.46. The monoisotopic (exact) mass is 150 g/mol. The van der Waals surface area contributed by atoms with Crippen molar-refractivity contribution < 1.29 is 47.4 Å². The maximum atomic E-state index is 9.46. The third kappa shape index (κ3) is 11.8. The molecule has 0 radical (unpaired) electrons. The van der Waals surface area contributed by atoms with Crippen molar-refractivity contribution in [3.05, 3.63) is 0 Å². The Morgan fingerprint density at radius 1 is 1.44 bits per heavy atom. The topological polar surface area (TPSA) is 104 Å². The Hall–Kier alpha value is 0.452. The van der Waals surface area contributed by atoms with Gasteiger partial charge in [0.1, 0.15) is 0 Å². The van der Waals surface area contributed by atoms with E-state index in [0.717, 1.165) is 0 Å². The third-order valence-electron chi connectivity index (χ3n) is 0.208. The summed E-state index contributed by atoms with van der Waals surface area (Å²) in [5.74, 6) is 0. The second-order valence-corrected chi connectivity index (χ2v) is 1.90. The molecule has 6 nitrogen and oxygen atoms in total. The smallest absolute Gasteiger partial charge is 1.00 e. The van der Waals surface area contributed by atoms with E-state index in [-0.39, 0.29) is 20.3 Å². The van der Waals surface area contributed by atoms with Gasteiger partial charge in [0.15, 0.2) is 0 Å². The molecule has 0 fully saturated rings. The van der Waals surface area contributed by atoms with Gasteiger partial charge in [-0.3, -0.25) is 4.55 Å². The van der Waals surface area contributed by atoms with Gasteiger partial charge in [0.25, 0.3) is 0 Å². The summed E-state index contributed by atoms with van der Waals surface area (Å²) in [4.78, 5) is 0. The number of rotatable bonds is 2. The normalized spacial score (nSPS) is 10.1. The Balaban J connectivity index is -0.000000245. The molecule has 0 atom stereocenters. The van der Waals surface area contributed by atoms with E-state index in [4.69, 9.17) is 14.6 Å². The zero-order chi connectivity index (χ0) is 6.78. The largest absolute Gasteiger partial charge is 1.00 e. The Labute approximate surface area is 65.6 Å². The van der Waals surface area contributed by atoms with E-state index in [9.17, 15) is 8.42 Å². The van der Waals surface area contributed by atoms with Crippen molar-refractivity contribution in [3.63, 3.8) is 0 Å². The third-order valence-corrected chi connectivity index (χ3v) is 0.623. The molecule has 50 valence electrons. The summed E-state index contributed by atoms with van der Waals surface area (Å²) in [7, 11) is -7.22. The van der Waals surface area contributed by atoms with Gasteiger partial charge in [-0.05, 0) is 0 Å². The van der Waals surface area contributed by atoms with Gasteiger partial charge in [-0.2, -0.15) is 8.42 Å². The van der Waals surface area contributed by atoms with Crippen LogP contribution in [0.3, 0.4) is 0 Å². The van der Waals surface area contributed by atoms with Crippen LogP contribution in [0.25, 0.3) is 0 Å². The Kier molecular flexibility index (Phi) is 5.80. The fraction of sp³-hybridized carbons (Fsp3) is 0. The van der Waals surface area contributed by atoms with E-state index < -0.39 is 17.7 Å². The molecule has 3 N–H and O–H groups in total. The molecule has 0 aliphatic rings. The average molecular weight is 150 g/mol. The molecular weight excluding hydrogens is 146 g/mol. The van der Waals surface area contributed by atoms with Crippen molar-refractivity contribution in [3.8, 4) is 0 Å². The fourth-order valence-corrected chi connectivity index (χ4v) is 0.326. The van der Waals surface area contributed by atoms with Crippen LogP contribution in [0.5, 0.6) is 0 Å². The van der Waals surface area contributed by atoms with Gasteiger partial charge in [-0.25, -0.2) is 4.10 Å². The molecule has 9 heteroatoms. The molecule has 0 rings (SSSR count). The first-order chi connectivity index (χ1) is 3.42. The van der Waals surface area contributed by atoms with Crippen LogP contribution >= 0.6 is 0 Å². The second kappa shape index (κ2) is 4.30. The Morgan fingerprint density at radius 3 is 1.78 bits per heavy atom. The summed E-state index contributed by atoms with van der Waals surface area (Å²) in [6, 6.07) is 0. The summed E-state index contributed by atoms with van der Waals surface area (Å²) >= 11 is 0. The number of hydrogen-bond donors (Lipinski definition) is 3. The molecule has 0 bridgehead atoms. The Bertz CT molecular complexity index is 151. The van der Waals surface area contributed by atoms with Crippen molar-refractivity contribution in [2.45, 2.75) is 0 Å². The van der Waals surface area contributed by atoms with Gasteiger partial charge >= 0.3 is 36.6 Å². The van der Waals surface area contributed by atoms with Crippen LogP contribution in [0, 0.1) is 0 Å². The molecule has 0 aromatic rings. The van der Waals surface area contributed by atoms with Crippen LogP contribution in [0.2, 0.25) is 0 Å². The van der Waals surface area contributed by atoms with Gasteiger partial charge in [-0.1, -0.05) is 0 Å². The van der Waals surface area contributed by atoms with Crippen molar-refractivity contribution in [1.82, 2.24) is 0 Å². The summed E-state index contributed by atoms with van der Waals surface area (Å²) in [5.41, 5.74) is 0. The van der Waals surface area contributed by atoms with Gasteiger partial charge in [-0.15, -0.1) is 0 Å². The van der Waals surface area contributed by atoms with Crippen LogP contribution in [0.4, 0.5) is 0 Å². The van der Waals surface area contributed by atoms with Crippen LogP contribution < -0.4 is 18.9 Å². The van der Waals surface area contributed by atoms with E-state index in [1.807, 2.05) is 0 Å². The van der Waals surface area contributed by atoms with Crippen molar-refractivity contribution >= 4 is 17.7 Å². The first-order valence-corrected chi connectivity index (χ1v) is 2.80. The molecule has 0 heterocycles. The van der Waals surface area contributed by atoms with E-state index >= 15 is 0 Å². The van der Waals surface area contributed by atoms with Gasteiger partial charge in [0.05, 0.1) is 0 Å². The first-order valence-electron chi connectivity index (χ1n) is 1.43. The molecule has 0 aromatic heterocycles. The van der Waals surface area contributed by atoms with Gasteiger partial charge < -0.3 is 11.5 Å². The van der Waals surface area contributed by atoms with E-state index in [2.05, 4.69) is 4.10 Å². The standard InChI is InChI=1S/BH3O6S.Li.H/c2-1(3)7-8(4,5)6;;/h2-3H,(H,4,5,6);;/q;+1;-1. The minimum Gasteiger partial charge on any atom is -1.00 e. The molecule has 0 saturated heterocycles.